The Morgan fingerprint density at radius 2 is 1.81 bits per heavy atom. The Hall–Kier alpha value is -1.89. The number of carbonyl (C=O) groups is 1. The van der Waals surface area contributed by atoms with Gasteiger partial charge in [-0.15, -0.1) is 0 Å². The molecule has 0 aliphatic carbocycles. The van der Waals surface area contributed by atoms with E-state index in [0.717, 1.165) is 23.2 Å². The summed E-state index contributed by atoms with van der Waals surface area (Å²) in [6.07, 6.45) is 0.789. The Labute approximate surface area is 160 Å². The van der Waals surface area contributed by atoms with Crippen molar-refractivity contribution in [2.45, 2.75) is 32.1 Å². The van der Waals surface area contributed by atoms with Crippen molar-refractivity contribution >= 4 is 33.2 Å². The summed E-state index contributed by atoms with van der Waals surface area (Å²) in [6.45, 7) is 5.82. The summed E-state index contributed by atoms with van der Waals surface area (Å²) in [6, 6.07) is 11.8. The van der Waals surface area contributed by atoms with Crippen LogP contribution in [0.3, 0.4) is 0 Å². The summed E-state index contributed by atoms with van der Waals surface area (Å²) in [4.78, 5) is 13.9. The van der Waals surface area contributed by atoms with Gasteiger partial charge in [-0.05, 0) is 48.7 Å². The van der Waals surface area contributed by atoms with Crippen LogP contribution >= 0.6 is 11.6 Å². The van der Waals surface area contributed by atoms with Crippen LogP contribution in [0.2, 0.25) is 5.02 Å². The second-order valence-corrected chi connectivity index (χ2v) is 8.16. The maximum absolute atomic E-state index is 12.4. The Bertz CT molecular complexity index is 880. The minimum Gasteiger partial charge on any atom is -0.311 e. The van der Waals surface area contributed by atoms with E-state index in [-0.39, 0.29) is 23.9 Å². The van der Waals surface area contributed by atoms with E-state index in [1.165, 1.54) is 31.2 Å². The number of halogens is 1. The number of anilines is 1. The lowest BCUT2D eigenvalue weighted by Crippen LogP contribution is -2.38. The van der Waals surface area contributed by atoms with Crippen LogP contribution in [0.1, 0.15) is 25.0 Å². The molecule has 140 valence electrons. The number of benzene rings is 2. The molecular weight excluding hydrogens is 372 g/mol. The van der Waals surface area contributed by atoms with Crippen molar-refractivity contribution in [3.05, 3.63) is 58.6 Å². The minimum absolute atomic E-state index is 0.113. The molecule has 0 heterocycles. The zero-order chi connectivity index (χ0) is 19.3. The van der Waals surface area contributed by atoms with Gasteiger partial charge in [-0.3, -0.25) is 4.79 Å². The fourth-order valence-corrected chi connectivity index (χ4v) is 3.95. The Morgan fingerprint density at radius 3 is 2.38 bits per heavy atom. The van der Waals surface area contributed by atoms with Gasteiger partial charge >= 0.3 is 0 Å². The van der Waals surface area contributed by atoms with Crippen molar-refractivity contribution < 1.29 is 13.2 Å². The van der Waals surface area contributed by atoms with Gasteiger partial charge in [-0.25, -0.2) is 13.1 Å². The third kappa shape index (κ3) is 4.84. The summed E-state index contributed by atoms with van der Waals surface area (Å²) in [7, 11) is -3.65. The summed E-state index contributed by atoms with van der Waals surface area (Å²) >= 11 is 5.79. The molecule has 1 amide bonds. The van der Waals surface area contributed by atoms with Crippen molar-refractivity contribution in [2.75, 3.05) is 18.0 Å². The number of nitrogens with one attached hydrogen (secondary N) is 1. The quantitative estimate of drug-likeness (QED) is 0.781. The second kappa shape index (κ2) is 8.66. The molecule has 0 bridgehead atoms. The van der Waals surface area contributed by atoms with E-state index in [4.69, 9.17) is 11.6 Å². The third-order valence-electron chi connectivity index (χ3n) is 4.10. The van der Waals surface area contributed by atoms with E-state index in [9.17, 15) is 13.2 Å². The number of rotatable bonds is 7. The molecule has 0 aliphatic rings. The van der Waals surface area contributed by atoms with Gasteiger partial charge in [0, 0.05) is 30.7 Å². The minimum atomic E-state index is -3.65. The lowest BCUT2D eigenvalue weighted by atomic mass is 10.0. The maximum atomic E-state index is 12.4. The van der Waals surface area contributed by atoms with E-state index in [1.807, 2.05) is 32.0 Å². The lowest BCUT2D eigenvalue weighted by Gasteiger charge is -2.26. The zero-order valence-electron chi connectivity index (χ0n) is 15.1. The highest BCUT2D eigenvalue weighted by molar-refractivity contribution is 7.89. The summed E-state index contributed by atoms with van der Waals surface area (Å²) in [5.74, 6) is -0.125. The van der Waals surface area contributed by atoms with Gasteiger partial charge in [0.15, 0.2) is 0 Å². The number of nitrogens with zero attached hydrogens (tertiary/aromatic N) is 1. The van der Waals surface area contributed by atoms with Crippen LogP contribution < -0.4 is 9.62 Å². The van der Waals surface area contributed by atoms with E-state index in [0.29, 0.717) is 5.02 Å². The fraction of sp³-hybridized carbons (Fsp3) is 0.316. The highest BCUT2D eigenvalue weighted by Crippen LogP contribution is 2.26. The Morgan fingerprint density at radius 1 is 1.15 bits per heavy atom. The molecule has 0 unspecified atom stereocenters. The van der Waals surface area contributed by atoms with Crippen LogP contribution in [0.4, 0.5) is 5.69 Å². The van der Waals surface area contributed by atoms with Crippen LogP contribution in [-0.2, 0) is 21.2 Å². The molecule has 5 nitrogen and oxygen atoms in total. The second-order valence-electron chi connectivity index (χ2n) is 5.96. The Kier molecular flexibility index (Phi) is 6.81. The molecule has 0 radical (unpaired) electrons. The lowest BCUT2D eigenvalue weighted by molar-refractivity contribution is -0.116. The van der Waals surface area contributed by atoms with Crippen molar-refractivity contribution in [3.63, 3.8) is 0 Å². The number of aryl methyl sites for hydroxylation is 2. The van der Waals surface area contributed by atoms with Crippen molar-refractivity contribution in [2.24, 2.45) is 0 Å². The standard InChI is InChI=1S/C19H23ClN2O3S/c1-4-16-7-5-6-14(2)19(16)22(15(3)23)13-12-21-26(24,25)18-10-8-17(20)9-11-18/h5-11,21H,4,12-13H2,1-3H3. The van der Waals surface area contributed by atoms with E-state index >= 15 is 0 Å². The van der Waals surface area contributed by atoms with Crippen LogP contribution in [0.15, 0.2) is 47.4 Å². The first-order valence-corrected chi connectivity index (χ1v) is 10.2. The molecular formula is C19H23ClN2O3S. The fourth-order valence-electron chi connectivity index (χ4n) is 2.81. The number of para-hydroxylation sites is 1. The highest BCUT2D eigenvalue weighted by atomic mass is 35.5. The molecule has 2 rings (SSSR count). The molecule has 2 aromatic rings. The van der Waals surface area contributed by atoms with Crippen molar-refractivity contribution in [1.29, 1.82) is 0 Å². The van der Waals surface area contributed by atoms with Gasteiger partial charge in [0.2, 0.25) is 15.9 Å². The zero-order valence-corrected chi connectivity index (χ0v) is 16.7. The van der Waals surface area contributed by atoms with Gasteiger partial charge in [-0.1, -0.05) is 36.7 Å². The number of sulfonamides is 1. The summed E-state index contributed by atoms with van der Waals surface area (Å²) in [5, 5.41) is 0.471. The Balaban J connectivity index is 2.15. The van der Waals surface area contributed by atoms with E-state index in [2.05, 4.69) is 4.72 Å². The molecule has 0 fully saturated rings. The predicted octanol–water partition coefficient (Wildman–Crippen LogP) is 3.54. The molecule has 1 N–H and O–H groups in total. The molecule has 0 aromatic heterocycles. The van der Waals surface area contributed by atoms with E-state index < -0.39 is 10.0 Å². The molecule has 26 heavy (non-hydrogen) atoms. The molecule has 7 heteroatoms. The summed E-state index contributed by atoms with van der Waals surface area (Å²) < 4.78 is 27.3. The van der Waals surface area contributed by atoms with Gasteiger partial charge in [0.05, 0.1) is 4.90 Å². The summed E-state index contributed by atoms with van der Waals surface area (Å²) in [5.41, 5.74) is 2.90. The average molecular weight is 395 g/mol. The first-order valence-electron chi connectivity index (χ1n) is 8.38. The molecule has 0 aliphatic heterocycles. The largest absolute Gasteiger partial charge is 0.311 e. The van der Waals surface area contributed by atoms with Crippen molar-refractivity contribution in [1.82, 2.24) is 4.72 Å². The number of hydrogen-bond donors (Lipinski definition) is 1. The topological polar surface area (TPSA) is 66.5 Å². The third-order valence-corrected chi connectivity index (χ3v) is 5.83. The smallest absolute Gasteiger partial charge is 0.240 e. The van der Waals surface area contributed by atoms with Gasteiger partial charge in [0.1, 0.15) is 0 Å². The number of amides is 1. The predicted molar refractivity (Wildman–Crippen MR) is 105 cm³/mol. The molecule has 0 spiro atoms. The molecule has 0 atom stereocenters. The van der Waals surface area contributed by atoms with Crippen LogP contribution in [0, 0.1) is 6.92 Å². The molecule has 0 saturated carbocycles. The maximum Gasteiger partial charge on any atom is 0.240 e. The molecule has 0 saturated heterocycles. The number of hydrogen-bond acceptors (Lipinski definition) is 3. The monoisotopic (exact) mass is 394 g/mol. The van der Waals surface area contributed by atoms with Crippen LogP contribution in [-0.4, -0.2) is 27.4 Å². The van der Waals surface area contributed by atoms with Gasteiger partial charge in [-0.2, -0.15) is 0 Å². The van der Waals surface area contributed by atoms with Crippen LogP contribution in [0.5, 0.6) is 0 Å². The van der Waals surface area contributed by atoms with Gasteiger partial charge in [0.25, 0.3) is 0 Å². The first-order chi connectivity index (χ1) is 12.3. The molecule has 2 aromatic carbocycles. The van der Waals surface area contributed by atoms with Gasteiger partial charge < -0.3 is 4.90 Å². The van der Waals surface area contributed by atoms with Crippen LogP contribution in [0.25, 0.3) is 0 Å². The SMILES string of the molecule is CCc1cccc(C)c1N(CCNS(=O)(=O)c1ccc(Cl)cc1)C(C)=O. The highest BCUT2D eigenvalue weighted by Gasteiger charge is 2.19. The average Bonchev–Trinajstić information content (AvgIpc) is 2.59. The first kappa shape index (κ1) is 20.4. The number of carbonyl (C=O) groups excluding carboxylic acids is 1. The van der Waals surface area contributed by atoms with E-state index in [1.54, 1.807) is 4.90 Å². The van der Waals surface area contributed by atoms with Crippen molar-refractivity contribution in [3.8, 4) is 0 Å². The normalized spacial score (nSPS) is 11.4.